The summed E-state index contributed by atoms with van der Waals surface area (Å²) in [7, 11) is 1.41. The Bertz CT molecular complexity index is 735. The van der Waals surface area contributed by atoms with Crippen LogP contribution in [0.5, 0.6) is 5.75 Å². The van der Waals surface area contributed by atoms with Crippen LogP contribution in [0.4, 0.5) is 0 Å². The lowest BCUT2D eigenvalue weighted by molar-refractivity contribution is -0.109. The van der Waals surface area contributed by atoms with Crippen molar-refractivity contribution in [1.29, 1.82) is 0 Å². The Balaban J connectivity index is 2.30. The molecule has 2 rings (SSSR count). The molecule has 0 unspecified atom stereocenters. The summed E-state index contributed by atoms with van der Waals surface area (Å²) in [6, 6.07) is 15.2. The summed E-state index contributed by atoms with van der Waals surface area (Å²) >= 11 is 0. The molecule has 2 aromatic rings. The second-order valence-corrected chi connectivity index (χ2v) is 4.90. The van der Waals surface area contributed by atoms with Crippen molar-refractivity contribution in [2.24, 2.45) is 5.16 Å². The van der Waals surface area contributed by atoms with Crippen LogP contribution in [0.2, 0.25) is 0 Å². The number of allylic oxidation sites excluding steroid dienone is 1. The van der Waals surface area contributed by atoms with Crippen LogP contribution < -0.4 is 4.74 Å². The highest BCUT2D eigenvalue weighted by atomic mass is 16.6. The van der Waals surface area contributed by atoms with Gasteiger partial charge in [-0.15, -0.1) is 0 Å². The highest BCUT2D eigenvalue weighted by Crippen LogP contribution is 2.19. The number of rotatable bonds is 7. The summed E-state index contributed by atoms with van der Waals surface area (Å²) in [6.07, 6.45) is 1.22. The van der Waals surface area contributed by atoms with Gasteiger partial charge in [0.25, 0.3) is 0 Å². The van der Waals surface area contributed by atoms with Gasteiger partial charge in [0.05, 0.1) is 0 Å². The van der Waals surface area contributed by atoms with Crippen LogP contribution in [0.1, 0.15) is 16.7 Å². The van der Waals surface area contributed by atoms with Gasteiger partial charge in [0.1, 0.15) is 19.5 Å². The van der Waals surface area contributed by atoms with Crippen LogP contribution in [-0.2, 0) is 16.2 Å². The first-order valence-electron chi connectivity index (χ1n) is 7.22. The van der Waals surface area contributed by atoms with Gasteiger partial charge in [0.2, 0.25) is 5.78 Å². The topological polar surface area (TPSA) is 47.9 Å². The second-order valence-electron chi connectivity index (χ2n) is 4.90. The van der Waals surface area contributed by atoms with Crippen LogP contribution in [0.3, 0.4) is 0 Å². The molecule has 0 atom stereocenters. The molecule has 0 spiro atoms. The van der Waals surface area contributed by atoms with E-state index in [1.54, 1.807) is 0 Å². The number of hydrogen-bond donors (Lipinski definition) is 0. The quantitative estimate of drug-likeness (QED) is 0.445. The third kappa shape index (κ3) is 4.07. The van der Waals surface area contributed by atoms with E-state index in [0.717, 1.165) is 16.9 Å². The van der Waals surface area contributed by atoms with Crippen LogP contribution in [0, 0.1) is 6.92 Å². The normalized spacial score (nSPS) is 11.0. The molecule has 0 saturated carbocycles. The lowest BCUT2D eigenvalue weighted by Crippen LogP contribution is -2.16. The van der Waals surface area contributed by atoms with Crippen molar-refractivity contribution in [3.8, 4) is 5.75 Å². The Labute approximate surface area is 136 Å². The smallest absolute Gasteiger partial charge is 0.207 e. The van der Waals surface area contributed by atoms with Crippen molar-refractivity contribution in [2.75, 3.05) is 7.11 Å². The molecule has 23 heavy (non-hydrogen) atoms. The van der Waals surface area contributed by atoms with E-state index in [1.807, 2.05) is 55.5 Å². The summed E-state index contributed by atoms with van der Waals surface area (Å²) in [6.45, 7) is 5.82. The molecule has 2 aromatic carbocycles. The van der Waals surface area contributed by atoms with Crippen molar-refractivity contribution in [3.63, 3.8) is 0 Å². The van der Waals surface area contributed by atoms with Gasteiger partial charge in [-0.3, -0.25) is 4.79 Å². The summed E-state index contributed by atoms with van der Waals surface area (Å²) in [5.74, 6) is 0.512. The average Bonchev–Trinajstić information content (AvgIpc) is 2.59. The number of benzene rings is 2. The molecule has 0 fully saturated rings. The van der Waals surface area contributed by atoms with Crippen LogP contribution in [0.15, 0.2) is 66.3 Å². The predicted octanol–water partition coefficient (Wildman–Crippen LogP) is 3.68. The lowest BCUT2D eigenvalue weighted by Gasteiger charge is -2.12. The van der Waals surface area contributed by atoms with E-state index in [9.17, 15) is 4.79 Å². The van der Waals surface area contributed by atoms with Gasteiger partial charge < -0.3 is 9.57 Å². The first-order valence-corrected chi connectivity index (χ1v) is 7.22. The molecule has 0 aliphatic heterocycles. The third-order valence-electron chi connectivity index (χ3n) is 3.35. The molecule has 0 N–H and O–H groups in total. The largest absolute Gasteiger partial charge is 0.489 e. The van der Waals surface area contributed by atoms with Gasteiger partial charge in [-0.2, -0.15) is 0 Å². The monoisotopic (exact) mass is 309 g/mol. The van der Waals surface area contributed by atoms with Crippen LogP contribution in [-0.4, -0.2) is 18.6 Å². The van der Waals surface area contributed by atoms with Crippen molar-refractivity contribution in [1.82, 2.24) is 0 Å². The maximum absolute atomic E-state index is 12.0. The first kappa shape index (κ1) is 16.5. The van der Waals surface area contributed by atoms with E-state index in [2.05, 4.69) is 11.7 Å². The molecular formula is C19H19NO3. The molecule has 4 heteroatoms. The van der Waals surface area contributed by atoms with Crippen LogP contribution >= 0.6 is 0 Å². The highest BCUT2D eigenvalue weighted by Gasteiger charge is 2.16. The Morgan fingerprint density at radius 2 is 1.87 bits per heavy atom. The number of aryl methyl sites for hydroxylation is 1. The molecule has 0 heterocycles. The van der Waals surface area contributed by atoms with E-state index >= 15 is 0 Å². The number of carbonyl (C=O) groups excluding carboxylic acids is 1. The minimum atomic E-state index is -0.296. The number of nitrogens with zero attached hydrogens (tertiary/aromatic N) is 1. The third-order valence-corrected chi connectivity index (χ3v) is 3.35. The maximum Gasteiger partial charge on any atom is 0.207 e. The number of hydrogen-bond acceptors (Lipinski definition) is 4. The zero-order valence-corrected chi connectivity index (χ0v) is 13.3. The fourth-order valence-corrected chi connectivity index (χ4v) is 2.17. The van der Waals surface area contributed by atoms with Crippen molar-refractivity contribution in [2.45, 2.75) is 13.5 Å². The zero-order chi connectivity index (χ0) is 16.7. The van der Waals surface area contributed by atoms with Crippen LogP contribution in [0.25, 0.3) is 0 Å². The lowest BCUT2D eigenvalue weighted by atomic mass is 10.0. The Morgan fingerprint density at radius 1 is 1.17 bits per heavy atom. The fraction of sp³-hybridized carbons (Fsp3) is 0.158. The van der Waals surface area contributed by atoms with E-state index < -0.39 is 0 Å². The van der Waals surface area contributed by atoms with Gasteiger partial charge >= 0.3 is 0 Å². The van der Waals surface area contributed by atoms with E-state index in [0.29, 0.717) is 12.2 Å². The first-order chi connectivity index (χ1) is 11.2. The number of oxime groups is 1. The van der Waals surface area contributed by atoms with Crippen molar-refractivity contribution >= 4 is 11.5 Å². The van der Waals surface area contributed by atoms with Gasteiger partial charge in [-0.25, -0.2) is 0 Å². The molecule has 4 nitrogen and oxygen atoms in total. The Hall–Kier alpha value is -2.88. The number of carbonyl (C=O) groups is 1. The minimum absolute atomic E-state index is 0.214. The summed E-state index contributed by atoms with van der Waals surface area (Å²) in [5.41, 5.74) is 2.79. The van der Waals surface area contributed by atoms with Gasteiger partial charge in [0, 0.05) is 5.56 Å². The second kappa shape index (κ2) is 7.94. The molecule has 0 amide bonds. The average molecular weight is 309 g/mol. The van der Waals surface area contributed by atoms with Crippen molar-refractivity contribution < 1.29 is 14.4 Å². The maximum atomic E-state index is 12.0. The fourth-order valence-electron chi connectivity index (χ4n) is 2.17. The molecule has 118 valence electrons. The molecule has 0 aliphatic rings. The highest BCUT2D eigenvalue weighted by molar-refractivity contribution is 6.49. The Kier molecular flexibility index (Phi) is 5.69. The number of ketones is 1. The molecule has 0 radical (unpaired) electrons. The minimum Gasteiger partial charge on any atom is -0.489 e. The number of para-hydroxylation sites is 1. The molecule has 0 aromatic heterocycles. The van der Waals surface area contributed by atoms with Crippen molar-refractivity contribution in [3.05, 3.63) is 77.9 Å². The van der Waals surface area contributed by atoms with Gasteiger partial charge in [-0.05, 0) is 30.2 Å². The standard InChI is InChI=1S/C19H19NO3/c1-4-17(21)19(20-22-3)16-11-7-6-10-15(16)13-23-18-12-8-5-9-14(18)2/h4-12H,1,13H2,2-3H3. The summed E-state index contributed by atoms with van der Waals surface area (Å²) < 4.78 is 5.87. The van der Waals surface area contributed by atoms with E-state index in [4.69, 9.17) is 9.57 Å². The molecule has 0 aliphatic carbocycles. The predicted molar refractivity (Wildman–Crippen MR) is 90.7 cm³/mol. The summed E-state index contributed by atoms with van der Waals surface area (Å²) in [4.78, 5) is 16.8. The Morgan fingerprint density at radius 3 is 2.57 bits per heavy atom. The van der Waals surface area contributed by atoms with Gasteiger partial charge in [-0.1, -0.05) is 54.2 Å². The summed E-state index contributed by atoms with van der Waals surface area (Å²) in [5, 5.41) is 3.84. The number of ether oxygens (including phenoxy) is 1. The van der Waals surface area contributed by atoms with E-state index in [1.165, 1.54) is 13.2 Å². The SMILES string of the molecule is C=CC(=O)C(=NOC)c1ccccc1COc1ccccc1C. The van der Waals surface area contributed by atoms with E-state index in [-0.39, 0.29) is 11.5 Å². The van der Waals surface area contributed by atoms with Gasteiger partial charge in [0.15, 0.2) is 5.71 Å². The molecule has 0 bridgehead atoms. The zero-order valence-electron chi connectivity index (χ0n) is 13.3. The molecule has 0 saturated heterocycles. The molecular weight excluding hydrogens is 290 g/mol.